The molecule has 22 heavy (non-hydrogen) atoms. The molecule has 1 rings (SSSR count). The van der Waals surface area contributed by atoms with Crippen molar-refractivity contribution in [3.8, 4) is 5.75 Å². The van der Waals surface area contributed by atoms with Crippen molar-refractivity contribution >= 4 is 6.09 Å². The largest absolute Gasteiger partial charge is 0.507 e. The Morgan fingerprint density at radius 2 is 2.05 bits per heavy atom. The van der Waals surface area contributed by atoms with Gasteiger partial charge in [0.15, 0.2) is 0 Å². The van der Waals surface area contributed by atoms with Crippen LogP contribution in [-0.4, -0.2) is 29.4 Å². The highest BCUT2D eigenvalue weighted by molar-refractivity contribution is 5.68. The molecule has 0 aliphatic rings. The number of benzene rings is 1. The minimum Gasteiger partial charge on any atom is -0.507 e. The molecule has 5 nitrogen and oxygen atoms in total. The van der Waals surface area contributed by atoms with Gasteiger partial charge >= 0.3 is 6.09 Å². The fraction of sp³-hybridized carbons (Fsp3) is 0.588. The molecule has 0 spiro atoms. The maximum atomic E-state index is 11.8. The predicted octanol–water partition coefficient (Wildman–Crippen LogP) is 3.09. The maximum Gasteiger partial charge on any atom is 0.407 e. The van der Waals surface area contributed by atoms with Crippen molar-refractivity contribution in [1.82, 2.24) is 10.6 Å². The van der Waals surface area contributed by atoms with Gasteiger partial charge in [-0.25, -0.2) is 4.79 Å². The fourth-order valence-corrected chi connectivity index (χ4v) is 2.02. The number of para-hydroxylation sites is 1. The van der Waals surface area contributed by atoms with Crippen molar-refractivity contribution in [2.45, 2.75) is 59.2 Å². The average Bonchev–Trinajstić information content (AvgIpc) is 2.40. The van der Waals surface area contributed by atoms with Crippen LogP contribution in [0.1, 0.15) is 45.2 Å². The van der Waals surface area contributed by atoms with Gasteiger partial charge in [-0.1, -0.05) is 25.1 Å². The zero-order valence-corrected chi connectivity index (χ0v) is 14.2. The number of hydrogen-bond acceptors (Lipinski definition) is 4. The first-order valence-electron chi connectivity index (χ1n) is 7.70. The number of hydrogen-bond donors (Lipinski definition) is 3. The molecule has 0 saturated heterocycles. The SMILES string of the molecule is CCC(CNCc1cccc(C)c1O)NC(=O)OC(C)(C)C. The Bertz CT molecular complexity index is 495. The van der Waals surface area contributed by atoms with Crippen LogP contribution < -0.4 is 10.6 Å². The van der Waals surface area contributed by atoms with Crippen molar-refractivity contribution < 1.29 is 14.6 Å². The van der Waals surface area contributed by atoms with Gasteiger partial charge in [0, 0.05) is 24.7 Å². The van der Waals surface area contributed by atoms with E-state index in [0.717, 1.165) is 17.5 Å². The van der Waals surface area contributed by atoms with Gasteiger partial charge in [-0.15, -0.1) is 0 Å². The Labute approximate surface area is 133 Å². The van der Waals surface area contributed by atoms with Gasteiger partial charge in [0.2, 0.25) is 0 Å². The van der Waals surface area contributed by atoms with Crippen LogP contribution in [0.15, 0.2) is 18.2 Å². The zero-order chi connectivity index (χ0) is 16.8. The highest BCUT2D eigenvalue weighted by atomic mass is 16.6. The van der Waals surface area contributed by atoms with Gasteiger partial charge in [0.25, 0.3) is 0 Å². The summed E-state index contributed by atoms with van der Waals surface area (Å²) in [5.74, 6) is 0.322. The number of phenolic OH excluding ortho intramolecular Hbond substituents is 1. The third-order valence-electron chi connectivity index (χ3n) is 3.24. The molecule has 0 radical (unpaired) electrons. The first-order chi connectivity index (χ1) is 10.2. The van der Waals surface area contributed by atoms with Crippen molar-refractivity contribution in [2.75, 3.05) is 6.54 Å². The normalized spacial score (nSPS) is 12.8. The Morgan fingerprint density at radius 3 is 2.64 bits per heavy atom. The molecule has 0 bridgehead atoms. The van der Waals surface area contributed by atoms with E-state index in [-0.39, 0.29) is 6.04 Å². The second-order valence-corrected chi connectivity index (χ2v) is 6.46. The van der Waals surface area contributed by atoms with Crippen LogP contribution in [0.2, 0.25) is 0 Å². The van der Waals surface area contributed by atoms with Crippen LogP contribution in [-0.2, 0) is 11.3 Å². The van der Waals surface area contributed by atoms with Crippen LogP contribution in [0.5, 0.6) is 5.75 Å². The summed E-state index contributed by atoms with van der Waals surface area (Å²) in [7, 11) is 0. The highest BCUT2D eigenvalue weighted by Gasteiger charge is 2.18. The Kier molecular flexibility index (Phi) is 6.68. The van der Waals surface area contributed by atoms with Crippen LogP contribution in [0.3, 0.4) is 0 Å². The number of aryl methyl sites for hydroxylation is 1. The van der Waals surface area contributed by atoms with E-state index in [1.165, 1.54) is 0 Å². The summed E-state index contributed by atoms with van der Waals surface area (Å²) in [6.07, 6.45) is 0.394. The van der Waals surface area contributed by atoms with E-state index in [0.29, 0.717) is 18.8 Å². The third kappa shape index (κ3) is 6.35. The molecule has 1 aromatic carbocycles. The molecular weight excluding hydrogens is 280 g/mol. The van der Waals surface area contributed by atoms with Crippen molar-refractivity contribution in [3.63, 3.8) is 0 Å². The average molecular weight is 308 g/mol. The second kappa shape index (κ2) is 8.03. The molecule has 1 atom stereocenters. The van der Waals surface area contributed by atoms with Gasteiger partial charge in [0.05, 0.1) is 0 Å². The Balaban J connectivity index is 2.44. The lowest BCUT2D eigenvalue weighted by Crippen LogP contribution is -2.43. The molecule has 1 amide bonds. The standard InChI is InChI=1S/C17H28N2O3/c1-6-14(19-16(21)22-17(3,4)5)11-18-10-13-9-7-8-12(2)15(13)20/h7-9,14,18,20H,6,10-11H2,1-5H3,(H,19,21). The molecule has 0 fully saturated rings. The van der Waals surface area contributed by atoms with E-state index in [4.69, 9.17) is 4.74 Å². The highest BCUT2D eigenvalue weighted by Crippen LogP contribution is 2.20. The number of aromatic hydroxyl groups is 1. The zero-order valence-electron chi connectivity index (χ0n) is 14.2. The van der Waals surface area contributed by atoms with Gasteiger partial charge in [-0.3, -0.25) is 0 Å². The number of phenols is 1. The summed E-state index contributed by atoms with van der Waals surface area (Å²) in [4.78, 5) is 11.8. The number of amides is 1. The number of carbonyl (C=O) groups is 1. The minimum absolute atomic E-state index is 0.0122. The van der Waals surface area contributed by atoms with Gasteiger partial charge in [-0.05, 0) is 39.7 Å². The van der Waals surface area contributed by atoms with Crippen LogP contribution >= 0.6 is 0 Å². The summed E-state index contributed by atoms with van der Waals surface area (Å²) >= 11 is 0. The lowest BCUT2D eigenvalue weighted by atomic mass is 10.1. The first-order valence-corrected chi connectivity index (χ1v) is 7.70. The number of carbonyl (C=O) groups excluding carboxylic acids is 1. The molecule has 5 heteroatoms. The summed E-state index contributed by atoms with van der Waals surface area (Å²) in [6.45, 7) is 10.6. The smallest absolute Gasteiger partial charge is 0.407 e. The van der Waals surface area contributed by atoms with Gasteiger partial charge in [-0.2, -0.15) is 0 Å². The maximum absolute atomic E-state index is 11.8. The van der Waals surface area contributed by atoms with E-state index in [1.807, 2.05) is 52.8 Å². The third-order valence-corrected chi connectivity index (χ3v) is 3.24. The Morgan fingerprint density at radius 1 is 1.36 bits per heavy atom. The monoisotopic (exact) mass is 308 g/mol. The van der Waals surface area contributed by atoms with Crippen molar-refractivity contribution in [3.05, 3.63) is 29.3 Å². The molecule has 0 heterocycles. The molecule has 0 aliphatic carbocycles. The quantitative estimate of drug-likeness (QED) is 0.755. The van der Waals surface area contributed by atoms with Gasteiger partial charge < -0.3 is 20.5 Å². The number of rotatable bonds is 6. The fourth-order valence-electron chi connectivity index (χ4n) is 2.02. The van der Waals surface area contributed by atoms with Crippen LogP contribution in [0.25, 0.3) is 0 Å². The number of nitrogens with one attached hydrogen (secondary N) is 2. The number of alkyl carbamates (subject to hydrolysis) is 1. The van der Waals surface area contributed by atoms with Crippen LogP contribution in [0, 0.1) is 6.92 Å². The topological polar surface area (TPSA) is 70.6 Å². The van der Waals surface area contributed by atoms with Gasteiger partial charge in [0.1, 0.15) is 11.4 Å². The van der Waals surface area contributed by atoms with Crippen molar-refractivity contribution in [1.29, 1.82) is 0 Å². The molecular formula is C17H28N2O3. The van der Waals surface area contributed by atoms with E-state index >= 15 is 0 Å². The first kappa shape index (κ1) is 18.3. The second-order valence-electron chi connectivity index (χ2n) is 6.46. The molecule has 0 aliphatic heterocycles. The molecule has 0 saturated carbocycles. The molecule has 1 unspecified atom stereocenters. The number of ether oxygens (including phenoxy) is 1. The van der Waals surface area contributed by atoms with E-state index in [2.05, 4.69) is 10.6 Å². The minimum atomic E-state index is -0.497. The summed E-state index contributed by atoms with van der Waals surface area (Å²) < 4.78 is 5.25. The van der Waals surface area contributed by atoms with E-state index in [9.17, 15) is 9.90 Å². The van der Waals surface area contributed by atoms with Crippen LogP contribution in [0.4, 0.5) is 4.79 Å². The molecule has 124 valence electrons. The van der Waals surface area contributed by atoms with Crippen molar-refractivity contribution in [2.24, 2.45) is 0 Å². The summed E-state index contributed by atoms with van der Waals surface area (Å²) in [5.41, 5.74) is 1.22. The van der Waals surface area contributed by atoms with E-state index in [1.54, 1.807) is 0 Å². The molecule has 1 aromatic rings. The summed E-state index contributed by atoms with van der Waals surface area (Å²) in [6, 6.07) is 5.67. The lowest BCUT2D eigenvalue weighted by molar-refractivity contribution is 0.0502. The predicted molar refractivity (Wildman–Crippen MR) is 88.0 cm³/mol. The molecule has 0 aromatic heterocycles. The Hall–Kier alpha value is -1.75. The summed E-state index contributed by atoms with van der Waals surface area (Å²) in [5, 5.41) is 16.1. The van der Waals surface area contributed by atoms with E-state index < -0.39 is 11.7 Å². The lowest BCUT2D eigenvalue weighted by Gasteiger charge is -2.23. The molecule has 3 N–H and O–H groups in total.